The fraction of sp³-hybridized carbons (Fsp3) is 0.571. The SMILES string of the molecule is CCC(CC)C(C)Nc1nc2ccc(C)cn2n1. The summed E-state index contributed by atoms with van der Waals surface area (Å²) in [5, 5.41) is 7.87. The van der Waals surface area contributed by atoms with Crippen LogP contribution in [0.3, 0.4) is 0 Å². The molecule has 0 saturated heterocycles. The zero-order valence-electron chi connectivity index (χ0n) is 11.6. The van der Waals surface area contributed by atoms with Gasteiger partial charge in [-0.2, -0.15) is 4.98 Å². The van der Waals surface area contributed by atoms with Gasteiger partial charge in [-0.15, -0.1) is 5.10 Å². The standard InChI is InChI=1S/C14H22N4/c1-5-12(6-2)11(4)15-14-16-13-8-7-10(3)9-18(13)17-14/h7-9,11-12H,5-6H2,1-4H3,(H,15,17). The van der Waals surface area contributed by atoms with E-state index >= 15 is 0 Å². The van der Waals surface area contributed by atoms with Crippen LogP contribution in [0.15, 0.2) is 18.3 Å². The van der Waals surface area contributed by atoms with Gasteiger partial charge >= 0.3 is 0 Å². The maximum atomic E-state index is 4.49. The molecule has 0 aliphatic carbocycles. The molecule has 0 fully saturated rings. The van der Waals surface area contributed by atoms with E-state index in [1.165, 1.54) is 18.4 Å². The highest BCUT2D eigenvalue weighted by Gasteiger charge is 2.15. The zero-order valence-corrected chi connectivity index (χ0v) is 11.6. The molecule has 1 atom stereocenters. The quantitative estimate of drug-likeness (QED) is 0.880. The summed E-state index contributed by atoms with van der Waals surface area (Å²) in [5.74, 6) is 1.39. The van der Waals surface area contributed by atoms with Gasteiger partial charge in [0.05, 0.1) is 0 Å². The Morgan fingerprint density at radius 1 is 1.28 bits per heavy atom. The number of rotatable bonds is 5. The Kier molecular flexibility index (Phi) is 3.84. The second-order valence-electron chi connectivity index (χ2n) is 4.95. The first-order valence-electron chi connectivity index (χ1n) is 6.73. The van der Waals surface area contributed by atoms with E-state index in [2.05, 4.69) is 49.2 Å². The number of aryl methyl sites for hydroxylation is 1. The Hall–Kier alpha value is -1.58. The van der Waals surface area contributed by atoms with E-state index in [0.717, 1.165) is 11.6 Å². The minimum absolute atomic E-state index is 0.401. The lowest BCUT2D eigenvalue weighted by Crippen LogP contribution is -2.25. The normalized spacial score (nSPS) is 13.2. The first-order valence-corrected chi connectivity index (χ1v) is 6.73. The topological polar surface area (TPSA) is 42.2 Å². The van der Waals surface area contributed by atoms with Crippen molar-refractivity contribution in [2.45, 2.75) is 46.6 Å². The van der Waals surface area contributed by atoms with Crippen LogP contribution >= 0.6 is 0 Å². The van der Waals surface area contributed by atoms with Crippen molar-refractivity contribution in [1.82, 2.24) is 14.6 Å². The number of nitrogens with one attached hydrogen (secondary N) is 1. The molecule has 0 spiro atoms. The number of pyridine rings is 1. The van der Waals surface area contributed by atoms with Crippen LogP contribution < -0.4 is 5.32 Å². The minimum Gasteiger partial charge on any atom is -0.350 e. The summed E-state index contributed by atoms with van der Waals surface area (Å²) in [4.78, 5) is 4.49. The third kappa shape index (κ3) is 2.63. The third-order valence-corrected chi connectivity index (χ3v) is 3.59. The summed E-state index contributed by atoms with van der Waals surface area (Å²) < 4.78 is 1.83. The second-order valence-corrected chi connectivity index (χ2v) is 4.95. The predicted octanol–water partition coefficient (Wildman–Crippen LogP) is 3.27. The molecule has 4 heteroatoms. The molecular formula is C14H22N4. The first-order chi connectivity index (χ1) is 8.63. The lowest BCUT2D eigenvalue weighted by atomic mass is 9.96. The monoisotopic (exact) mass is 246 g/mol. The van der Waals surface area contributed by atoms with Gasteiger partial charge in [-0.1, -0.05) is 32.8 Å². The minimum atomic E-state index is 0.401. The highest BCUT2D eigenvalue weighted by Crippen LogP contribution is 2.16. The first kappa shape index (κ1) is 12.9. The van der Waals surface area contributed by atoms with Crippen LogP contribution in [0.25, 0.3) is 5.65 Å². The van der Waals surface area contributed by atoms with Gasteiger partial charge in [0.1, 0.15) is 0 Å². The molecule has 0 radical (unpaired) electrons. The molecule has 2 heterocycles. The molecule has 0 bridgehead atoms. The Bertz CT molecular complexity index is 513. The van der Waals surface area contributed by atoms with Gasteiger partial charge in [-0.25, -0.2) is 4.52 Å². The molecule has 4 nitrogen and oxygen atoms in total. The number of nitrogens with zero attached hydrogens (tertiary/aromatic N) is 3. The van der Waals surface area contributed by atoms with Crippen molar-refractivity contribution in [2.75, 3.05) is 5.32 Å². The number of hydrogen-bond acceptors (Lipinski definition) is 3. The molecule has 0 aromatic carbocycles. The van der Waals surface area contributed by atoms with Crippen molar-refractivity contribution in [1.29, 1.82) is 0 Å². The van der Waals surface area contributed by atoms with Crippen LogP contribution in [-0.4, -0.2) is 20.6 Å². The van der Waals surface area contributed by atoms with E-state index in [1.807, 2.05) is 16.8 Å². The highest BCUT2D eigenvalue weighted by atomic mass is 15.3. The van der Waals surface area contributed by atoms with Crippen molar-refractivity contribution in [2.24, 2.45) is 5.92 Å². The summed E-state index contributed by atoms with van der Waals surface area (Å²) in [5.41, 5.74) is 2.08. The van der Waals surface area contributed by atoms with Crippen LogP contribution in [0.5, 0.6) is 0 Å². The summed E-state index contributed by atoms with van der Waals surface area (Å²) in [6.07, 6.45) is 4.35. The van der Waals surface area contributed by atoms with Gasteiger partial charge in [0.15, 0.2) is 5.65 Å². The van der Waals surface area contributed by atoms with Crippen LogP contribution in [0.1, 0.15) is 39.2 Å². The average molecular weight is 246 g/mol. The van der Waals surface area contributed by atoms with Crippen molar-refractivity contribution >= 4 is 11.6 Å². The van der Waals surface area contributed by atoms with Crippen LogP contribution in [-0.2, 0) is 0 Å². The number of fused-ring (bicyclic) bond motifs is 1. The number of aromatic nitrogens is 3. The summed E-state index contributed by atoms with van der Waals surface area (Å²) >= 11 is 0. The molecule has 98 valence electrons. The van der Waals surface area contributed by atoms with E-state index in [9.17, 15) is 0 Å². The van der Waals surface area contributed by atoms with Gasteiger partial charge in [0.25, 0.3) is 0 Å². The predicted molar refractivity (Wildman–Crippen MR) is 74.9 cm³/mol. The average Bonchev–Trinajstić information content (AvgIpc) is 2.71. The molecule has 2 aromatic rings. The Labute approximate surface area is 108 Å². The van der Waals surface area contributed by atoms with Gasteiger partial charge in [0.2, 0.25) is 5.95 Å². The number of hydrogen-bond donors (Lipinski definition) is 1. The highest BCUT2D eigenvalue weighted by molar-refractivity contribution is 5.44. The van der Waals surface area contributed by atoms with Crippen molar-refractivity contribution < 1.29 is 0 Å². The van der Waals surface area contributed by atoms with Crippen molar-refractivity contribution in [3.8, 4) is 0 Å². The molecule has 0 aliphatic heterocycles. The van der Waals surface area contributed by atoms with E-state index in [-0.39, 0.29) is 0 Å². The Balaban J connectivity index is 2.16. The van der Waals surface area contributed by atoms with E-state index < -0.39 is 0 Å². The van der Waals surface area contributed by atoms with Gasteiger partial charge < -0.3 is 5.32 Å². The molecule has 0 saturated carbocycles. The van der Waals surface area contributed by atoms with Crippen LogP contribution in [0.4, 0.5) is 5.95 Å². The van der Waals surface area contributed by atoms with Gasteiger partial charge in [0, 0.05) is 12.2 Å². The largest absolute Gasteiger partial charge is 0.350 e. The summed E-state index contributed by atoms with van der Waals surface area (Å²) in [7, 11) is 0. The van der Waals surface area contributed by atoms with Gasteiger partial charge in [-0.3, -0.25) is 0 Å². The smallest absolute Gasteiger partial charge is 0.243 e. The van der Waals surface area contributed by atoms with E-state index in [1.54, 1.807) is 0 Å². The van der Waals surface area contributed by atoms with Crippen molar-refractivity contribution in [3.63, 3.8) is 0 Å². The molecule has 1 N–H and O–H groups in total. The second kappa shape index (κ2) is 5.38. The lowest BCUT2D eigenvalue weighted by molar-refractivity contribution is 0.436. The summed E-state index contributed by atoms with van der Waals surface area (Å²) in [6.45, 7) is 8.72. The van der Waals surface area contributed by atoms with Crippen molar-refractivity contribution in [3.05, 3.63) is 23.9 Å². The molecule has 18 heavy (non-hydrogen) atoms. The lowest BCUT2D eigenvalue weighted by Gasteiger charge is -2.21. The summed E-state index contributed by atoms with van der Waals surface area (Å²) in [6, 6.07) is 4.45. The maximum absolute atomic E-state index is 4.49. The van der Waals surface area contributed by atoms with Crippen LogP contribution in [0.2, 0.25) is 0 Å². The zero-order chi connectivity index (χ0) is 13.1. The van der Waals surface area contributed by atoms with Gasteiger partial charge in [-0.05, 0) is 31.4 Å². The van der Waals surface area contributed by atoms with E-state index in [4.69, 9.17) is 0 Å². The molecule has 2 aromatic heterocycles. The molecule has 0 aliphatic rings. The maximum Gasteiger partial charge on any atom is 0.243 e. The molecular weight excluding hydrogens is 224 g/mol. The fourth-order valence-electron chi connectivity index (χ4n) is 2.36. The van der Waals surface area contributed by atoms with Crippen LogP contribution in [0, 0.1) is 12.8 Å². The fourth-order valence-corrected chi connectivity index (χ4v) is 2.36. The van der Waals surface area contributed by atoms with E-state index in [0.29, 0.717) is 12.0 Å². The molecule has 0 amide bonds. The Morgan fingerprint density at radius 2 is 2.00 bits per heavy atom. The number of anilines is 1. The molecule has 2 rings (SSSR count). The Morgan fingerprint density at radius 3 is 2.67 bits per heavy atom. The third-order valence-electron chi connectivity index (χ3n) is 3.59. The molecule has 1 unspecified atom stereocenters.